The number of benzene rings is 1. The van der Waals surface area contributed by atoms with Gasteiger partial charge in [-0.3, -0.25) is 0 Å². The van der Waals surface area contributed by atoms with Crippen LogP contribution in [0, 0.1) is 12.7 Å². The van der Waals surface area contributed by atoms with Crippen LogP contribution in [0.4, 0.5) is 23.2 Å². The highest BCUT2D eigenvalue weighted by molar-refractivity contribution is 5.57. The van der Waals surface area contributed by atoms with E-state index in [1.807, 2.05) is 13.8 Å². The van der Waals surface area contributed by atoms with Gasteiger partial charge in [0, 0.05) is 18.3 Å². The minimum atomic E-state index is -4.29. The minimum Gasteiger partial charge on any atom is -0.363 e. The molecule has 1 aromatic rings. The molecule has 0 saturated carbocycles. The van der Waals surface area contributed by atoms with Crippen molar-refractivity contribution in [2.75, 3.05) is 24.5 Å². The quantitative estimate of drug-likeness (QED) is 0.793. The van der Waals surface area contributed by atoms with E-state index in [2.05, 4.69) is 5.32 Å². The van der Waals surface area contributed by atoms with Gasteiger partial charge in [0.1, 0.15) is 12.4 Å². The van der Waals surface area contributed by atoms with Gasteiger partial charge in [-0.2, -0.15) is 13.2 Å². The first-order valence-corrected chi connectivity index (χ1v) is 7.04. The monoisotopic (exact) mass is 306 g/mol. The molecule has 1 unspecified atom stereocenters. The predicted octanol–water partition coefficient (Wildman–Crippen LogP) is 4.19. The molecular weight excluding hydrogens is 284 g/mol. The zero-order valence-corrected chi connectivity index (χ0v) is 12.8. The average Bonchev–Trinajstić information content (AvgIpc) is 2.38. The fraction of sp³-hybridized carbons (Fsp3) is 0.600. The molecule has 0 bridgehead atoms. The summed E-state index contributed by atoms with van der Waals surface area (Å²) in [6, 6.07) is 2.60. The molecule has 1 N–H and O–H groups in total. The second kappa shape index (κ2) is 7.11. The maximum absolute atomic E-state index is 13.8. The number of anilines is 1. The number of nitrogens with one attached hydrogen (secondary N) is 1. The van der Waals surface area contributed by atoms with Crippen LogP contribution in [0.1, 0.15) is 37.9 Å². The Morgan fingerprint density at radius 2 is 1.86 bits per heavy atom. The van der Waals surface area contributed by atoms with Gasteiger partial charge >= 0.3 is 6.18 Å². The van der Waals surface area contributed by atoms with Gasteiger partial charge in [0.15, 0.2) is 0 Å². The first kappa shape index (κ1) is 17.8. The molecule has 1 atom stereocenters. The van der Waals surface area contributed by atoms with Crippen molar-refractivity contribution >= 4 is 5.69 Å². The number of halogens is 4. The maximum Gasteiger partial charge on any atom is 0.405 e. The zero-order valence-electron chi connectivity index (χ0n) is 12.8. The van der Waals surface area contributed by atoms with Gasteiger partial charge in [0.2, 0.25) is 0 Å². The lowest BCUT2D eigenvalue weighted by molar-refractivity contribution is -0.119. The molecular formula is C15H22F4N2. The lowest BCUT2D eigenvalue weighted by Crippen LogP contribution is -2.35. The van der Waals surface area contributed by atoms with Crippen LogP contribution in [0.5, 0.6) is 0 Å². The van der Waals surface area contributed by atoms with E-state index in [9.17, 15) is 17.6 Å². The fourth-order valence-electron chi connectivity index (χ4n) is 2.30. The molecule has 0 heterocycles. The first-order valence-electron chi connectivity index (χ1n) is 7.04. The predicted molar refractivity (Wildman–Crippen MR) is 77.2 cm³/mol. The lowest BCUT2D eigenvalue weighted by atomic mass is 10.0. The summed E-state index contributed by atoms with van der Waals surface area (Å²) in [4.78, 5) is 1.23. The highest BCUT2D eigenvalue weighted by atomic mass is 19.4. The first-order chi connectivity index (χ1) is 9.69. The minimum absolute atomic E-state index is 0.205. The van der Waals surface area contributed by atoms with Crippen molar-refractivity contribution in [1.82, 2.24) is 5.32 Å². The zero-order chi connectivity index (χ0) is 16.2. The summed E-state index contributed by atoms with van der Waals surface area (Å²) in [7, 11) is 0. The van der Waals surface area contributed by atoms with Crippen LogP contribution in [-0.4, -0.2) is 25.8 Å². The van der Waals surface area contributed by atoms with Crippen LogP contribution in [0.15, 0.2) is 12.1 Å². The maximum atomic E-state index is 13.8. The summed E-state index contributed by atoms with van der Waals surface area (Å²) >= 11 is 0. The van der Waals surface area contributed by atoms with Crippen molar-refractivity contribution < 1.29 is 17.6 Å². The normalized spacial score (nSPS) is 13.3. The van der Waals surface area contributed by atoms with Crippen molar-refractivity contribution in [2.45, 2.75) is 39.9 Å². The van der Waals surface area contributed by atoms with Crippen molar-refractivity contribution in [1.29, 1.82) is 0 Å². The van der Waals surface area contributed by atoms with Gasteiger partial charge in [-0.05, 0) is 50.6 Å². The van der Waals surface area contributed by atoms with E-state index in [1.54, 1.807) is 13.8 Å². The Labute approximate surface area is 123 Å². The molecule has 0 aromatic heterocycles. The van der Waals surface area contributed by atoms with E-state index in [1.165, 1.54) is 17.0 Å². The second-order valence-electron chi connectivity index (χ2n) is 5.07. The third-order valence-corrected chi connectivity index (χ3v) is 3.38. The second-order valence-corrected chi connectivity index (χ2v) is 5.07. The Morgan fingerprint density at radius 1 is 1.24 bits per heavy atom. The van der Waals surface area contributed by atoms with Crippen molar-refractivity contribution in [3.63, 3.8) is 0 Å². The van der Waals surface area contributed by atoms with Crippen molar-refractivity contribution in [3.8, 4) is 0 Å². The summed E-state index contributed by atoms with van der Waals surface area (Å²) in [6.45, 7) is 6.75. The molecule has 1 aromatic carbocycles. The number of hydrogen-bond donors (Lipinski definition) is 1. The van der Waals surface area contributed by atoms with E-state index in [4.69, 9.17) is 0 Å². The van der Waals surface area contributed by atoms with Crippen LogP contribution in [0.25, 0.3) is 0 Å². The number of alkyl halides is 3. The molecule has 0 spiro atoms. The van der Waals surface area contributed by atoms with Gasteiger partial charge in [-0.1, -0.05) is 6.92 Å². The molecule has 0 aliphatic carbocycles. The van der Waals surface area contributed by atoms with E-state index >= 15 is 0 Å². The van der Waals surface area contributed by atoms with Crippen LogP contribution in [0.2, 0.25) is 0 Å². The third kappa shape index (κ3) is 4.88. The lowest BCUT2D eigenvalue weighted by Gasteiger charge is -2.29. The molecule has 0 fully saturated rings. The van der Waals surface area contributed by atoms with E-state index in [0.29, 0.717) is 23.4 Å². The summed E-state index contributed by atoms with van der Waals surface area (Å²) in [6.07, 6.45) is -4.29. The van der Waals surface area contributed by atoms with E-state index < -0.39 is 18.5 Å². The van der Waals surface area contributed by atoms with Crippen LogP contribution >= 0.6 is 0 Å². The molecule has 120 valence electrons. The molecule has 0 aliphatic heterocycles. The van der Waals surface area contributed by atoms with Gasteiger partial charge in [0.05, 0.1) is 0 Å². The van der Waals surface area contributed by atoms with Crippen LogP contribution in [-0.2, 0) is 0 Å². The van der Waals surface area contributed by atoms with Crippen LogP contribution < -0.4 is 10.2 Å². The van der Waals surface area contributed by atoms with Gasteiger partial charge in [-0.15, -0.1) is 0 Å². The molecule has 0 amide bonds. The van der Waals surface area contributed by atoms with Gasteiger partial charge in [-0.25, -0.2) is 4.39 Å². The van der Waals surface area contributed by atoms with Crippen molar-refractivity contribution in [2.24, 2.45) is 0 Å². The van der Waals surface area contributed by atoms with Crippen LogP contribution in [0.3, 0.4) is 0 Å². The SMILES string of the molecule is CCNC(C)c1cc(F)c(C)cc1N(CC)CC(F)(F)F. The summed E-state index contributed by atoms with van der Waals surface area (Å²) < 4.78 is 51.9. The number of rotatable bonds is 6. The molecule has 6 heteroatoms. The van der Waals surface area contributed by atoms with Gasteiger partial charge < -0.3 is 10.2 Å². The summed E-state index contributed by atoms with van der Waals surface area (Å²) in [5.41, 5.74) is 1.33. The van der Waals surface area contributed by atoms with Crippen molar-refractivity contribution in [3.05, 3.63) is 29.1 Å². The largest absolute Gasteiger partial charge is 0.405 e. The van der Waals surface area contributed by atoms with E-state index in [0.717, 1.165) is 0 Å². The highest BCUT2D eigenvalue weighted by Crippen LogP contribution is 2.31. The Bertz CT molecular complexity index is 471. The Hall–Kier alpha value is -1.30. The Kier molecular flexibility index (Phi) is 6.01. The average molecular weight is 306 g/mol. The topological polar surface area (TPSA) is 15.3 Å². The standard InChI is InChI=1S/C15H22F4N2/c1-5-20-11(4)12-8-13(16)10(3)7-14(12)21(6-2)9-15(17,18)19/h7-8,11,20H,5-6,9H2,1-4H3. The number of nitrogens with zero attached hydrogens (tertiary/aromatic N) is 1. The Balaban J connectivity index is 3.27. The summed E-state index contributed by atoms with van der Waals surface area (Å²) in [5.74, 6) is -0.401. The molecule has 0 radical (unpaired) electrons. The van der Waals surface area contributed by atoms with Gasteiger partial charge in [0.25, 0.3) is 0 Å². The number of aryl methyl sites for hydroxylation is 1. The highest BCUT2D eigenvalue weighted by Gasteiger charge is 2.31. The molecule has 2 nitrogen and oxygen atoms in total. The van der Waals surface area contributed by atoms with E-state index in [-0.39, 0.29) is 12.6 Å². The molecule has 0 saturated heterocycles. The Morgan fingerprint density at radius 3 is 2.33 bits per heavy atom. The molecule has 1 rings (SSSR count). The molecule has 21 heavy (non-hydrogen) atoms. The summed E-state index contributed by atoms with van der Waals surface area (Å²) in [5, 5.41) is 3.12. The fourth-order valence-corrected chi connectivity index (χ4v) is 2.30. The smallest absolute Gasteiger partial charge is 0.363 e. The molecule has 0 aliphatic rings. The third-order valence-electron chi connectivity index (χ3n) is 3.38. The number of hydrogen-bond acceptors (Lipinski definition) is 2.